The molecule has 0 rings (SSSR count). The van der Waals surface area contributed by atoms with Gasteiger partial charge in [-0.1, -0.05) is 90.4 Å². The molecule has 0 amide bonds. The summed E-state index contributed by atoms with van der Waals surface area (Å²) in [5.41, 5.74) is 0. The standard InChI is InChI=1S/C22H40O7S.2Na/c1-2-3-4-5-6-7-8-9-10-11-12-13-14-15-16-17-18-29-21(23)19-20(22(24)25)30(26,27)28;;/h17-18,20H,2-16,19H2,1H3,(H,24,25)(H,26,27,28);;/q;2*+1/p-2/b18-17+;;. The Hall–Kier alpha value is 0.590. The second-order valence-corrected chi connectivity index (χ2v) is 9.31. The Labute approximate surface area is 238 Å². The van der Waals surface area contributed by atoms with Crippen LogP contribution in [0.5, 0.6) is 0 Å². The summed E-state index contributed by atoms with van der Waals surface area (Å²) in [6.45, 7) is 2.24. The molecule has 0 aliphatic heterocycles. The van der Waals surface area contributed by atoms with Crippen LogP contribution in [0.3, 0.4) is 0 Å². The number of unbranched alkanes of at least 4 members (excludes halogenated alkanes) is 14. The molecule has 0 bridgehead atoms. The van der Waals surface area contributed by atoms with Gasteiger partial charge in [-0.3, -0.25) is 4.79 Å². The Kier molecular flexibility index (Phi) is 28.7. The number of esters is 1. The minimum Gasteiger partial charge on any atom is -0.747 e. The summed E-state index contributed by atoms with van der Waals surface area (Å²) in [5, 5.41) is 8.17. The number of aliphatic carboxylic acids is 1. The van der Waals surface area contributed by atoms with Crippen LogP contribution < -0.4 is 64.2 Å². The third-order valence-corrected chi connectivity index (χ3v) is 6.04. The van der Waals surface area contributed by atoms with E-state index in [-0.39, 0.29) is 59.1 Å². The molecule has 0 saturated heterocycles. The van der Waals surface area contributed by atoms with Crippen LogP contribution in [0.2, 0.25) is 0 Å². The van der Waals surface area contributed by atoms with Gasteiger partial charge in [-0.2, -0.15) is 0 Å². The number of ether oxygens (including phenoxy) is 1. The van der Waals surface area contributed by atoms with E-state index in [4.69, 9.17) is 0 Å². The predicted octanol–water partition coefficient (Wildman–Crippen LogP) is -2.02. The van der Waals surface area contributed by atoms with Crippen LogP contribution in [0, 0.1) is 0 Å². The number of hydrogen-bond acceptors (Lipinski definition) is 7. The number of rotatable bonds is 20. The van der Waals surface area contributed by atoms with E-state index in [2.05, 4.69) is 11.7 Å². The number of carboxylic acids is 1. The summed E-state index contributed by atoms with van der Waals surface area (Å²) < 4.78 is 36.8. The number of carboxylic acid groups (broad SMARTS) is 1. The van der Waals surface area contributed by atoms with Gasteiger partial charge in [0.05, 0.1) is 23.9 Å². The van der Waals surface area contributed by atoms with Crippen molar-refractivity contribution >= 4 is 22.1 Å². The van der Waals surface area contributed by atoms with Crippen molar-refractivity contribution in [3.8, 4) is 0 Å². The third kappa shape index (κ3) is 23.7. The zero-order valence-electron chi connectivity index (χ0n) is 20.3. The molecule has 176 valence electrons. The van der Waals surface area contributed by atoms with Crippen LogP contribution in [0.25, 0.3) is 0 Å². The summed E-state index contributed by atoms with van der Waals surface area (Å²) in [6, 6.07) is 0. The molecule has 0 radical (unpaired) electrons. The molecule has 0 saturated carbocycles. The molecule has 7 nitrogen and oxygen atoms in total. The zero-order valence-corrected chi connectivity index (χ0v) is 25.1. The average molecular weight is 493 g/mol. The number of hydrogen-bond donors (Lipinski definition) is 0. The van der Waals surface area contributed by atoms with Gasteiger partial charge in [0.25, 0.3) is 0 Å². The van der Waals surface area contributed by atoms with Crippen molar-refractivity contribution in [1.82, 2.24) is 0 Å². The third-order valence-electron chi connectivity index (χ3n) is 4.98. The van der Waals surface area contributed by atoms with Crippen molar-refractivity contribution in [1.29, 1.82) is 0 Å². The first-order valence-electron chi connectivity index (χ1n) is 11.3. The second kappa shape index (κ2) is 24.7. The van der Waals surface area contributed by atoms with E-state index in [1.165, 1.54) is 77.0 Å². The SMILES string of the molecule is CCCCCCCCCCCCCCCC/C=C/OC(=O)CC(C(=O)[O-])S(=O)(=O)[O-].[Na+].[Na+]. The van der Waals surface area contributed by atoms with Gasteiger partial charge in [0.1, 0.15) is 10.1 Å². The smallest absolute Gasteiger partial charge is 0.747 e. The largest absolute Gasteiger partial charge is 1.00 e. The average Bonchev–Trinajstić information content (AvgIpc) is 2.67. The fraction of sp³-hybridized carbons (Fsp3) is 0.818. The van der Waals surface area contributed by atoms with Crippen LogP contribution in [0.1, 0.15) is 110 Å². The van der Waals surface area contributed by atoms with E-state index >= 15 is 0 Å². The van der Waals surface area contributed by atoms with Crippen LogP contribution in [-0.4, -0.2) is 30.2 Å². The van der Waals surface area contributed by atoms with Gasteiger partial charge in [0.2, 0.25) is 0 Å². The molecule has 0 N–H and O–H groups in total. The molecular weight excluding hydrogens is 454 g/mol. The number of carbonyl (C=O) groups excluding carboxylic acids is 2. The van der Waals surface area contributed by atoms with Crippen LogP contribution in [-0.2, 0) is 24.4 Å². The summed E-state index contributed by atoms with van der Waals surface area (Å²) in [7, 11) is -5.16. The topological polar surface area (TPSA) is 124 Å². The van der Waals surface area contributed by atoms with E-state index in [0.29, 0.717) is 6.42 Å². The molecule has 0 aromatic carbocycles. The Morgan fingerprint density at radius 2 is 1.22 bits per heavy atom. The molecule has 0 aliphatic rings. The summed E-state index contributed by atoms with van der Waals surface area (Å²) in [6.07, 6.45) is 20.2. The maximum atomic E-state index is 11.4. The van der Waals surface area contributed by atoms with Gasteiger partial charge in [0.15, 0.2) is 0 Å². The van der Waals surface area contributed by atoms with Crippen molar-refractivity contribution in [3.05, 3.63) is 12.3 Å². The monoisotopic (exact) mass is 492 g/mol. The molecule has 10 heteroatoms. The fourth-order valence-electron chi connectivity index (χ4n) is 3.15. The first kappa shape index (κ1) is 37.1. The fourth-order valence-corrected chi connectivity index (χ4v) is 3.73. The van der Waals surface area contributed by atoms with Crippen LogP contribution >= 0.6 is 0 Å². The Bertz CT molecular complexity index is 595. The molecule has 0 fully saturated rings. The molecule has 0 heterocycles. The molecule has 0 spiro atoms. The van der Waals surface area contributed by atoms with E-state index in [0.717, 1.165) is 19.1 Å². The van der Waals surface area contributed by atoms with E-state index in [1.807, 2.05) is 0 Å². The van der Waals surface area contributed by atoms with Crippen LogP contribution in [0.15, 0.2) is 12.3 Å². The number of carbonyl (C=O) groups is 2. The predicted molar refractivity (Wildman–Crippen MR) is 113 cm³/mol. The van der Waals surface area contributed by atoms with Crippen molar-refractivity contribution in [2.45, 2.75) is 115 Å². The molecule has 0 aliphatic carbocycles. The Morgan fingerprint density at radius 1 is 0.812 bits per heavy atom. The molecule has 1 unspecified atom stereocenters. The van der Waals surface area contributed by atoms with Gasteiger partial charge < -0.3 is 19.2 Å². The molecule has 1 atom stereocenters. The van der Waals surface area contributed by atoms with Crippen molar-refractivity contribution in [2.24, 2.45) is 0 Å². The minimum absolute atomic E-state index is 0. The van der Waals surface area contributed by atoms with Crippen molar-refractivity contribution in [3.63, 3.8) is 0 Å². The summed E-state index contributed by atoms with van der Waals surface area (Å²) >= 11 is 0. The van der Waals surface area contributed by atoms with Crippen molar-refractivity contribution < 1.29 is 91.5 Å². The second-order valence-electron chi connectivity index (χ2n) is 7.75. The quantitative estimate of drug-likeness (QED) is 0.0632. The van der Waals surface area contributed by atoms with Gasteiger partial charge in [-0.05, 0) is 18.9 Å². The van der Waals surface area contributed by atoms with E-state index in [9.17, 15) is 27.7 Å². The first-order chi connectivity index (χ1) is 14.3. The summed E-state index contributed by atoms with van der Waals surface area (Å²) in [5.74, 6) is -3.20. The Morgan fingerprint density at radius 3 is 1.59 bits per heavy atom. The molecule has 0 aromatic rings. The molecule has 32 heavy (non-hydrogen) atoms. The minimum atomic E-state index is -5.16. The maximum Gasteiger partial charge on any atom is 1.00 e. The maximum absolute atomic E-state index is 11.4. The van der Waals surface area contributed by atoms with Crippen molar-refractivity contribution in [2.75, 3.05) is 0 Å². The molecular formula is C22H38Na2O7S. The van der Waals surface area contributed by atoms with Gasteiger partial charge in [0, 0.05) is 0 Å². The van der Waals surface area contributed by atoms with E-state index < -0.39 is 33.7 Å². The first-order valence-corrected chi connectivity index (χ1v) is 12.8. The summed E-state index contributed by atoms with van der Waals surface area (Å²) in [4.78, 5) is 22.0. The van der Waals surface area contributed by atoms with Gasteiger partial charge in [-0.25, -0.2) is 8.42 Å². The normalized spacial score (nSPS) is 12.1. The van der Waals surface area contributed by atoms with Crippen LogP contribution in [0.4, 0.5) is 0 Å². The van der Waals surface area contributed by atoms with E-state index in [1.54, 1.807) is 6.08 Å². The molecule has 0 aromatic heterocycles. The zero-order chi connectivity index (χ0) is 22.7. The Balaban J connectivity index is -0.00000420. The number of allylic oxidation sites excluding steroid dienone is 1. The van der Waals surface area contributed by atoms with Gasteiger partial charge >= 0.3 is 65.1 Å². The van der Waals surface area contributed by atoms with Gasteiger partial charge in [-0.15, -0.1) is 0 Å².